The number of hydrogen-bond donors (Lipinski definition) is 7. The van der Waals surface area contributed by atoms with Crippen molar-refractivity contribution in [2.24, 2.45) is 21.1 Å². The summed E-state index contributed by atoms with van der Waals surface area (Å²) in [6, 6.07) is 29.0. The van der Waals surface area contributed by atoms with Crippen molar-refractivity contribution < 1.29 is 58.1 Å². The lowest BCUT2D eigenvalue weighted by Crippen LogP contribution is -2.41. The van der Waals surface area contributed by atoms with Crippen molar-refractivity contribution in [3.63, 3.8) is 0 Å². The van der Waals surface area contributed by atoms with E-state index in [2.05, 4.69) is 113 Å². The van der Waals surface area contributed by atoms with E-state index in [1.165, 1.54) is 4.90 Å². The van der Waals surface area contributed by atoms with Gasteiger partial charge in [0.2, 0.25) is 0 Å². The van der Waals surface area contributed by atoms with Crippen LogP contribution in [0.1, 0.15) is 185 Å². The van der Waals surface area contributed by atoms with Crippen LogP contribution in [0.15, 0.2) is 147 Å². The number of fused-ring (bicyclic) bond motifs is 6. The molecule has 7 aliphatic rings. The highest BCUT2D eigenvalue weighted by Crippen LogP contribution is 2.48. The summed E-state index contributed by atoms with van der Waals surface area (Å²) in [6.07, 6.45) is 19.3. The third-order valence-corrected chi connectivity index (χ3v) is 26.0. The van der Waals surface area contributed by atoms with Crippen LogP contribution in [0.4, 0.5) is 61.2 Å². The number of aromatic nitrogens is 9. The predicted molar refractivity (Wildman–Crippen MR) is 507 cm³/mol. The van der Waals surface area contributed by atoms with E-state index in [0.717, 1.165) is 194 Å². The average Bonchev–Trinajstić information content (AvgIpc) is 1.57. The first-order valence-electron chi connectivity index (χ1n) is 44.4. The molecule has 7 N–H and O–H groups in total. The molecule has 1 atom stereocenters. The van der Waals surface area contributed by atoms with Gasteiger partial charge in [-0.15, -0.1) is 0 Å². The molecule has 4 fully saturated rings. The fourth-order valence-corrected chi connectivity index (χ4v) is 18.3. The number of ether oxygens (including phenoxy) is 2. The second kappa shape index (κ2) is 36.1. The van der Waals surface area contributed by atoms with Gasteiger partial charge in [-0.2, -0.15) is 0 Å². The lowest BCUT2D eigenvalue weighted by atomic mass is 9.78. The monoisotopic (exact) mass is 1780 g/mol. The van der Waals surface area contributed by atoms with E-state index in [0.29, 0.717) is 62.6 Å². The largest absolute Gasteiger partial charge is 0.495 e. The van der Waals surface area contributed by atoms with Crippen LogP contribution < -0.4 is 41.4 Å². The van der Waals surface area contributed by atoms with Crippen LogP contribution in [0.2, 0.25) is 5.02 Å². The van der Waals surface area contributed by atoms with Crippen LogP contribution >= 0.6 is 11.6 Å². The van der Waals surface area contributed by atoms with Crippen molar-refractivity contribution in [3.8, 4) is 22.3 Å². The van der Waals surface area contributed by atoms with Gasteiger partial charge in [0.15, 0.2) is 0 Å². The lowest BCUT2D eigenvalue weighted by molar-refractivity contribution is 0.00578. The Balaban J connectivity index is 0.000000130. The number of carbonyl (C=O) groups excluding carboxylic acids is 5. The molecule has 32 heteroatoms. The van der Waals surface area contributed by atoms with E-state index < -0.39 is 41.2 Å². The Hall–Kier alpha value is -12.5. The third kappa shape index (κ3) is 18.4. The van der Waals surface area contributed by atoms with E-state index in [1.807, 2.05) is 159 Å². The maximum atomic E-state index is 13.9. The lowest BCUT2D eigenvalue weighted by Gasteiger charge is -2.32. The highest BCUT2D eigenvalue weighted by atomic mass is 35.5. The zero-order valence-corrected chi connectivity index (χ0v) is 77.6. The smallest absolute Gasteiger partial charge is 0.443 e. The van der Waals surface area contributed by atoms with Crippen LogP contribution in [0, 0.1) is 20.8 Å². The minimum atomic E-state index is -0.745. The minimum Gasteiger partial charge on any atom is -0.443 e. The molecule has 12 aromatic rings. The van der Waals surface area contributed by atoms with Gasteiger partial charge in [-0.05, 0) is 282 Å². The van der Waals surface area contributed by atoms with E-state index in [9.17, 15) is 39.3 Å². The topological polar surface area (TPSA) is 339 Å². The summed E-state index contributed by atoms with van der Waals surface area (Å²) < 4.78 is 29.3. The molecule has 0 bridgehead atoms. The molecule has 0 radical (unpaired) electrons. The highest BCUT2D eigenvalue weighted by molar-refractivity contribution is 6.65. The molecule has 3 aromatic carbocycles. The summed E-state index contributed by atoms with van der Waals surface area (Å²) in [7, 11) is 5.59. The molecular formula is C98H114BClN18O12. The molecule has 4 saturated heterocycles. The predicted octanol–water partition coefficient (Wildman–Crippen LogP) is 16.5. The zero-order chi connectivity index (χ0) is 92.5. The Morgan fingerprint density at radius 3 is 1.32 bits per heavy atom. The first-order chi connectivity index (χ1) is 61.8. The van der Waals surface area contributed by atoms with Gasteiger partial charge in [-0.1, -0.05) is 11.6 Å². The summed E-state index contributed by atoms with van der Waals surface area (Å²) in [5, 5.41) is 45.9. The Morgan fingerprint density at radius 1 is 0.500 bits per heavy atom. The molecule has 678 valence electrons. The zero-order valence-electron chi connectivity index (χ0n) is 76.8. The van der Waals surface area contributed by atoms with E-state index in [1.54, 1.807) is 73.1 Å². The fraction of sp³-hybridized carbons (Fsp3) is 0.398. The number of imide groups is 2. The molecule has 0 spiro atoms. The van der Waals surface area contributed by atoms with Crippen LogP contribution in [-0.2, 0) is 53.0 Å². The number of rotatable bonds is 12. The van der Waals surface area contributed by atoms with E-state index in [4.69, 9.17) is 30.4 Å². The summed E-state index contributed by atoms with van der Waals surface area (Å²) in [5.41, 5.74) is 17.2. The molecule has 5 amide bonds. The fourth-order valence-electron chi connectivity index (χ4n) is 18.0. The number of carbonyl (C=O) groups is 5. The van der Waals surface area contributed by atoms with Crippen LogP contribution in [-0.4, -0.2) is 186 Å². The second-order valence-electron chi connectivity index (χ2n) is 37.6. The minimum absolute atomic E-state index is 0.0781. The van der Waals surface area contributed by atoms with Crippen molar-refractivity contribution in [1.29, 1.82) is 0 Å². The van der Waals surface area contributed by atoms with Gasteiger partial charge in [-0.3, -0.25) is 14.4 Å². The van der Waals surface area contributed by atoms with Gasteiger partial charge in [0.1, 0.15) is 45.6 Å². The summed E-state index contributed by atoms with van der Waals surface area (Å²) >= 11 is 6.60. The first kappa shape index (κ1) is 90.8. The molecule has 7 aliphatic heterocycles. The number of aliphatic hydroxyl groups is 3. The molecule has 19 rings (SSSR count). The number of nitrogens with one attached hydrogen (secondary N) is 4. The summed E-state index contributed by atoms with van der Waals surface area (Å²) in [5.74, 6) is 0.901. The van der Waals surface area contributed by atoms with Crippen molar-refractivity contribution in [3.05, 3.63) is 202 Å². The van der Waals surface area contributed by atoms with Crippen LogP contribution in [0.25, 0.3) is 55.4 Å². The Morgan fingerprint density at radius 2 is 0.892 bits per heavy atom. The number of aryl methyl sites for hydroxylation is 6. The quantitative estimate of drug-likeness (QED) is 0.0559. The number of hydrogen-bond acceptors (Lipinski definition) is 24. The van der Waals surface area contributed by atoms with E-state index in [-0.39, 0.29) is 49.1 Å². The number of aliphatic hydroxyl groups excluding tert-OH is 3. The molecule has 0 saturated carbocycles. The standard InChI is InChI=1S/C32H36N6O4.C27H28N6O2.C25H31ClN4O4.C14H19BN2O2/c1-19-16-25(35-26-7-6-20(17-34-26)37-14-9-21(39)10-15-37)28-24(18-38(30(28)40)31(41)42-32(2,3)4)27(19)22-8-12-33-29-23(22)11-13-36(29)5;1-16-13-22(31-23-4-3-17(14-29-23)33-11-6-18(34)7-12-33)25-21(15-30-27(25)35)24(16)19-5-9-28-26-20(19)8-10-32(26)2;1-14-12-18(28-19-7-6-16(13-27-19)29-10-8-17(31)9-11-29)21-20(22(14)26)15(2)30(23(21)32)24(33)34-25(3,4)5;1-13(2)14(3,4)19-15(18-13)11-6-8-16-12-10(11)7-9-17(12)5/h6-8,11-13,16-17,21,39H,9-10,14-15,18H2,1-5H3,(H,34,35);3-5,8-10,13-14,18,34H,6-7,11-12,15H2,1-2H3,(H,29,31)(H,30,35);6-7,12-13,15,17,31H,8-11H2,1-5H3,(H,27,28);6-9H,1-5H3. The SMILES string of the molecule is Cc1cc(Nc2ccc(N3CCC(O)CC3)cn2)c2c(c1-c1ccnc3c1ccn3C)CN(C(=O)OC(C)(C)C)C2=O.Cc1cc(Nc2ccc(N3CCC(O)CC3)cn2)c2c(c1-c1ccnc3c1ccn3C)CNC2=O.Cc1cc(Nc2ccc(N3CCC(O)CC3)cn2)c2c(c1Cl)C(C)N(C(=O)OC(C)(C)C)C2=O.Cn1ccc2c(B3OC(C)(C)C(C)(C)O3)ccnc21. The Kier molecular flexibility index (Phi) is 25.2. The van der Waals surface area contributed by atoms with Gasteiger partial charge >= 0.3 is 19.3 Å². The van der Waals surface area contributed by atoms with Gasteiger partial charge in [-0.25, -0.2) is 49.3 Å². The third-order valence-electron chi connectivity index (χ3n) is 25.5. The first-order valence-corrected chi connectivity index (χ1v) is 44.8. The molecule has 16 heterocycles. The number of piperidine rings is 3. The highest BCUT2D eigenvalue weighted by Gasteiger charge is 2.53. The van der Waals surface area contributed by atoms with Gasteiger partial charge < -0.3 is 83.8 Å². The number of anilines is 9. The molecule has 0 aliphatic carbocycles. The molecular weight excluding hydrogens is 1670 g/mol. The van der Waals surface area contributed by atoms with Gasteiger partial charge in [0.05, 0.1) is 112 Å². The van der Waals surface area contributed by atoms with Gasteiger partial charge in [0.25, 0.3) is 17.7 Å². The van der Waals surface area contributed by atoms with Crippen LogP contribution in [0.5, 0.6) is 0 Å². The molecule has 130 heavy (non-hydrogen) atoms. The summed E-state index contributed by atoms with van der Waals surface area (Å²) in [6.45, 7) is 32.0. The van der Waals surface area contributed by atoms with Crippen molar-refractivity contribution in [2.75, 3.05) is 69.9 Å². The van der Waals surface area contributed by atoms with Gasteiger partial charge in [0, 0.05) is 131 Å². The molecule has 30 nitrogen and oxygen atoms in total. The summed E-state index contributed by atoms with van der Waals surface area (Å²) in [4.78, 5) is 102. The van der Waals surface area contributed by atoms with E-state index >= 15 is 0 Å². The number of pyridine rings is 6. The number of halogens is 1. The normalized spacial score (nSPS) is 17.4. The van der Waals surface area contributed by atoms with Crippen molar-refractivity contribution >= 4 is 139 Å². The van der Waals surface area contributed by atoms with Crippen LogP contribution in [0.3, 0.4) is 0 Å². The average molecular weight is 1780 g/mol. The number of amides is 5. The maximum Gasteiger partial charge on any atom is 0.495 e. The number of nitrogens with zero attached hydrogens (tertiary/aromatic N) is 14. The van der Waals surface area contributed by atoms with Crippen molar-refractivity contribution in [1.82, 2.24) is 58.7 Å². The number of benzene rings is 3. The maximum absolute atomic E-state index is 13.9. The molecule has 1 unspecified atom stereocenters. The second-order valence-corrected chi connectivity index (χ2v) is 38.0. The Labute approximate surface area is 761 Å². The van der Waals surface area contributed by atoms with Crippen molar-refractivity contribution in [2.45, 2.75) is 195 Å². The molecule has 9 aromatic heterocycles. The Bertz CT molecular complexity index is 6320.